The summed E-state index contributed by atoms with van der Waals surface area (Å²) >= 11 is 3.52. The van der Waals surface area contributed by atoms with E-state index in [1.807, 2.05) is 24.3 Å². The molecule has 6 heteroatoms. The van der Waals surface area contributed by atoms with Crippen LogP contribution in [0.15, 0.2) is 28.7 Å². The van der Waals surface area contributed by atoms with Gasteiger partial charge in [-0.3, -0.25) is 4.79 Å². The van der Waals surface area contributed by atoms with Crippen LogP contribution in [0.2, 0.25) is 0 Å². The Labute approximate surface area is 131 Å². The van der Waals surface area contributed by atoms with Crippen molar-refractivity contribution in [3.63, 3.8) is 0 Å². The van der Waals surface area contributed by atoms with Gasteiger partial charge in [0.2, 0.25) is 0 Å². The highest BCUT2D eigenvalue weighted by Gasteiger charge is 2.24. The third-order valence-corrected chi connectivity index (χ3v) is 4.68. The van der Waals surface area contributed by atoms with Crippen molar-refractivity contribution < 1.29 is 4.79 Å². The molecule has 1 aliphatic rings. The van der Waals surface area contributed by atoms with Crippen LogP contribution in [-0.4, -0.2) is 26.0 Å². The highest BCUT2D eigenvalue weighted by Crippen LogP contribution is 2.24. The molecular weight excluding hydrogens is 332 g/mol. The van der Waals surface area contributed by atoms with Crippen LogP contribution in [0, 0.1) is 5.92 Å². The molecule has 110 valence electrons. The number of hydrogen-bond donors (Lipinski definition) is 0. The van der Waals surface area contributed by atoms with E-state index >= 15 is 0 Å². The quantitative estimate of drug-likeness (QED) is 0.833. The predicted octanol–water partition coefficient (Wildman–Crippen LogP) is 2.79. The van der Waals surface area contributed by atoms with E-state index in [0.29, 0.717) is 24.6 Å². The van der Waals surface area contributed by atoms with Crippen LogP contribution in [0.3, 0.4) is 0 Å². The molecule has 1 heterocycles. The number of carbonyl (C=O) groups is 1. The molecule has 1 aromatic carbocycles. The molecule has 21 heavy (non-hydrogen) atoms. The van der Waals surface area contributed by atoms with Crippen LogP contribution in [0.4, 0.5) is 0 Å². The number of carbonyl (C=O) groups excluding carboxylic acids is 1. The summed E-state index contributed by atoms with van der Waals surface area (Å²) in [6, 6.07) is 8.03. The van der Waals surface area contributed by atoms with Gasteiger partial charge in [-0.2, -0.15) is 4.80 Å². The van der Waals surface area contributed by atoms with Crippen molar-refractivity contribution in [1.82, 2.24) is 20.2 Å². The number of nitrogens with zero attached hydrogens (tertiary/aromatic N) is 4. The van der Waals surface area contributed by atoms with Crippen molar-refractivity contribution in [2.45, 2.75) is 38.6 Å². The number of rotatable bonds is 5. The highest BCUT2D eigenvalue weighted by atomic mass is 79.9. The maximum Gasteiger partial charge on any atom is 0.179 e. The second-order valence-corrected chi connectivity index (χ2v) is 6.27. The van der Waals surface area contributed by atoms with Crippen LogP contribution in [0.1, 0.15) is 37.1 Å². The van der Waals surface area contributed by atoms with Gasteiger partial charge in [0, 0.05) is 23.2 Å². The molecule has 5 nitrogen and oxygen atoms in total. The molecule has 1 aromatic heterocycles. The molecule has 0 radical (unpaired) electrons. The third-order valence-electron chi connectivity index (χ3n) is 3.91. The predicted molar refractivity (Wildman–Crippen MR) is 81.7 cm³/mol. The molecule has 0 N–H and O–H groups in total. The Hall–Kier alpha value is -1.56. The van der Waals surface area contributed by atoms with Gasteiger partial charge in [-0.15, -0.1) is 10.2 Å². The standard InChI is InChI=1S/C15H17BrN4O/c16-13-6-2-1-4-12(13)10-15-17-19-20(18-15)9-8-11-5-3-7-14(11)21/h1-2,4,6,11H,3,5,7-10H2/t11-/m0/s1. The fraction of sp³-hybridized carbons (Fsp3) is 0.467. The first-order chi connectivity index (χ1) is 10.2. The second-order valence-electron chi connectivity index (χ2n) is 5.41. The molecule has 2 aromatic rings. The SMILES string of the molecule is O=C1CCC[C@H]1CCn1nnc(Cc2ccccc2Br)n1. The van der Waals surface area contributed by atoms with E-state index in [9.17, 15) is 4.79 Å². The molecule has 3 rings (SSSR count). The normalized spacial score (nSPS) is 18.3. The van der Waals surface area contributed by atoms with Crippen LogP contribution in [0.5, 0.6) is 0 Å². The zero-order valence-electron chi connectivity index (χ0n) is 11.7. The lowest BCUT2D eigenvalue weighted by molar-refractivity contribution is -0.120. The molecule has 1 fully saturated rings. The van der Waals surface area contributed by atoms with E-state index in [-0.39, 0.29) is 5.92 Å². The first-order valence-corrected chi connectivity index (χ1v) is 8.04. The second kappa shape index (κ2) is 6.47. The van der Waals surface area contributed by atoms with Crippen LogP contribution >= 0.6 is 15.9 Å². The van der Waals surface area contributed by atoms with E-state index in [0.717, 1.165) is 35.7 Å². The summed E-state index contributed by atoms with van der Waals surface area (Å²) in [6.45, 7) is 0.666. The first-order valence-electron chi connectivity index (χ1n) is 7.25. The molecule has 0 saturated heterocycles. The minimum Gasteiger partial charge on any atom is -0.299 e. The van der Waals surface area contributed by atoms with Crippen molar-refractivity contribution in [1.29, 1.82) is 0 Å². The van der Waals surface area contributed by atoms with Gasteiger partial charge in [0.25, 0.3) is 0 Å². The fourth-order valence-electron chi connectivity index (χ4n) is 2.72. The average Bonchev–Trinajstić information content (AvgIpc) is 3.08. The third kappa shape index (κ3) is 3.56. The van der Waals surface area contributed by atoms with E-state index < -0.39 is 0 Å². The maximum atomic E-state index is 11.6. The summed E-state index contributed by atoms with van der Waals surface area (Å²) in [7, 11) is 0. The summed E-state index contributed by atoms with van der Waals surface area (Å²) in [4.78, 5) is 13.2. The van der Waals surface area contributed by atoms with Crippen molar-refractivity contribution in [3.8, 4) is 0 Å². The number of hydrogen-bond acceptors (Lipinski definition) is 4. The number of Topliss-reactive ketones (excluding diaryl/α,β-unsaturated/α-hetero) is 1. The first kappa shape index (κ1) is 14.4. The minimum absolute atomic E-state index is 0.197. The van der Waals surface area contributed by atoms with Gasteiger partial charge in [-0.05, 0) is 36.1 Å². The molecule has 0 bridgehead atoms. The molecule has 1 atom stereocenters. The van der Waals surface area contributed by atoms with Crippen molar-refractivity contribution >= 4 is 21.7 Å². The number of ketones is 1. The number of benzene rings is 1. The lowest BCUT2D eigenvalue weighted by atomic mass is 10.0. The Morgan fingerprint density at radius 2 is 2.19 bits per heavy atom. The fourth-order valence-corrected chi connectivity index (χ4v) is 3.14. The van der Waals surface area contributed by atoms with Gasteiger partial charge in [-0.25, -0.2) is 0 Å². The van der Waals surface area contributed by atoms with E-state index in [2.05, 4.69) is 31.3 Å². The number of aromatic nitrogens is 4. The summed E-state index contributed by atoms with van der Waals surface area (Å²) in [6.07, 6.45) is 4.26. The smallest absolute Gasteiger partial charge is 0.179 e. The van der Waals surface area contributed by atoms with Gasteiger partial charge in [-0.1, -0.05) is 34.1 Å². The Bertz CT molecular complexity index is 640. The molecule has 1 saturated carbocycles. The molecule has 0 aliphatic heterocycles. The van der Waals surface area contributed by atoms with Crippen LogP contribution in [0.25, 0.3) is 0 Å². The molecular formula is C15H17BrN4O. The van der Waals surface area contributed by atoms with Gasteiger partial charge < -0.3 is 0 Å². The zero-order chi connectivity index (χ0) is 14.7. The van der Waals surface area contributed by atoms with Crippen LogP contribution in [-0.2, 0) is 17.8 Å². The molecule has 0 unspecified atom stereocenters. The largest absolute Gasteiger partial charge is 0.299 e. The Morgan fingerprint density at radius 3 is 2.95 bits per heavy atom. The molecule has 0 spiro atoms. The van der Waals surface area contributed by atoms with Crippen LogP contribution < -0.4 is 0 Å². The topological polar surface area (TPSA) is 60.7 Å². The van der Waals surface area contributed by atoms with E-state index in [1.54, 1.807) is 4.80 Å². The van der Waals surface area contributed by atoms with E-state index in [1.165, 1.54) is 0 Å². The van der Waals surface area contributed by atoms with Gasteiger partial charge in [0.1, 0.15) is 5.78 Å². The number of halogens is 1. The summed E-state index contributed by atoms with van der Waals surface area (Å²) < 4.78 is 1.05. The lowest BCUT2D eigenvalue weighted by Crippen LogP contribution is -2.12. The van der Waals surface area contributed by atoms with Gasteiger partial charge in [0.05, 0.1) is 6.54 Å². The highest BCUT2D eigenvalue weighted by molar-refractivity contribution is 9.10. The Balaban J connectivity index is 1.59. The van der Waals surface area contributed by atoms with E-state index in [4.69, 9.17) is 0 Å². The number of aryl methyl sites for hydroxylation is 1. The van der Waals surface area contributed by atoms with Crippen molar-refractivity contribution in [2.75, 3.05) is 0 Å². The summed E-state index contributed by atoms with van der Waals surface area (Å²) in [5.74, 6) is 1.30. The number of tetrazole rings is 1. The van der Waals surface area contributed by atoms with Crippen molar-refractivity contribution in [3.05, 3.63) is 40.1 Å². The summed E-state index contributed by atoms with van der Waals surface area (Å²) in [5, 5.41) is 12.6. The maximum absolute atomic E-state index is 11.6. The molecule has 1 aliphatic carbocycles. The van der Waals surface area contributed by atoms with Crippen molar-refractivity contribution in [2.24, 2.45) is 5.92 Å². The Morgan fingerprint density at radius 1 is 1.33 bits per heavy atom. The summed E-state index contributed by atoms with van der Waals surface area (Å²) in [5.41, 5.74) is 1.14. The van der Waals surface area contributed by atoms with Gasteiger partial charge >= 0.3 is 0 Å². The Kier molecular flexibility index (Phi) is 4.43. The molecule has 0 amide bonds. The zero-order valence-corrected chi connectivity index (χ0v) is 13.3. The lowest BCUT2D eigenvalue weighted by Gasteiger charge is -2.05. The average molecular weight is 349 g/mol. The minimum atomic E-state index is 0.197. The van der Waals surface area contributed by atoms with Gasteiger partial charge in [0.15, 0.2) is 5.82 Å². The monoisotopic (exact) mass is 348 g/mol.